The molecule has 2 unspecified atom stereocenters. The Morgan fingerprint density at radius 3 is 2.55 bits per heavy atom. The predicted molar refractivity (Wildman–Crippen MR) is 83.2 cm³/mol. The Labute approximate surface area is 121 Å². The van der Waals surface area contributed by atoms with Gasteiger partial charge in [0.2, 0.25) is 0 Å². The van der Waals surface area contributed by atoms with E-state index in [0.717, 1.165) is 18.5 Å². The van der Waals surface area contributed by atoms with Crippen LogP contribution in [0.4, 0.5) is 0 Å². The minimum atomic E-state index is -0.108. The minimum absolute atomic E-state index is 0.108. The van der Waals surface area contributed by atoms with Crippen molar-refractivity contribution in [3.05, 3.63) is 35.9 Å². The van der Waals surface area contributed by atoms with Crippen molar-refractivity contribution >= 4 is 5.84 Å². The van der Waals surface area contributed by atoms with Crippen LogP contribution in [0.25, 0.3) is 0 Å². The van der Waals surface area contributed by atoms with Gasteiger partial charge in [0.1, 0.15) is 5.84 Å². The van der Waals surface area contributed by atoms with Gasteiger partial charge in [-0.3, -0.25) is 0 Å². The van der Waals surface area contributed by atoms with E-state index < -0.39 is 0 Å². The fourth-order valence-corrected chi connectivity index (χ4v) is 2.02. The molecule has 4 N–H and O–H groups in total. The van der Waals surface area contributed by atoms with E-state index >= 15 is 0 Å². The van der Waals surface area contributed by atoms with E-state index in [4.69, 9.17) is 10.9 Å². The molecule has 0 saturated heterocycles. The molecule has 0 amide bonds. The lowest BCUT2D eigenvalue weighted by Crippen LogP contribution is -2.37. The van der Waals surface area contributed by atoms with Gasteiger partial charge in [-0.25, -0.2) is 0 Å². The SMILES string of the molecule is CC(CCN(C)C)NCC(C(N)=NO)c1ccccc1. The van der Waals surface area contributed by atoms with Crippen LogP contribution in [-0.4, -0.2) is 49.2 Å². The molecule has 112 valence electrons. The van der Waals surface area contributed by atoms with E-state index in [1.807, 2.05) is 30.3 Å². The number of rotatable bonds is 8. The third kappa shape index (κ3) is 5.59. The number of hydrogen-bond donors (Lipinski definition) is 3. The maximum Gasteiger partial charge on any atom is 0.147 e. The molecule has 0 aliphatic heterocycles. The van der Waals surface area contributed by atoms with Gasteiger partial charge >= 0.3 is 0 Å². The van der Waals surface area contributed by atoms with Crippen molar-refractivity contribution in [2.45, 2.75) is 25.3 Å². The summed E-state index contributed by atoms with van der Waals surface area (Å²) in [6.45, 7) is 3.85. The van der Waals surface area contributed by atoms with Crippen molar-refractivity contribution in [3.8, 4) is 0 Å². The summed E-state index contributed by atoms with van der Waals surface area (Å²) >= 11 is 0. The van der Waals surface area contributed by atoms with Gasteiger partial charge < -0.3 is 21.2 Å². The first-order valence-electron chi connectivity index (χ1n) is 6.95. The van der Waals surface area contributed by atoms with Gasteiger partial charge in [0, 0.05) is 12.6 Å². The van der Waals surface area contributed by atoms with Crippen molar-refractivity contribution < 1.29 is 5.21 Å². The molecular weight excluding hydrogens is 252 g/mol. The lowest BCUT2D eigenvalue weighted by molar-refractivity contribution is 0.315. The number of oxime groups is 1. The minimum Gasteiger partial charge on any atom is -0.409 e. The van der Waals surface area contributed by atoms with Gasteiger partial charge in [-0.05, 0) is 39.5 Å². The topological polar surface area (TPSA) is 73.9 Å². The molecule has 2 atom stereocenters. The first kappa shape index (κ1) is 16.5. The van der Waals surface area contributed by atoms with Crippen molar-refractivity contribution in [2.75, 3.05) is 27.2 Å². The first-order valence-corrected chi connectivity index (χ1v) is 6.95. The van der Waals surface area contributed by atoms with E-state index in [1.54, 1.807) is 0 Å². The molecule has 0 radical (unpaired) electrons. The van der Waals surface area contributed by atoms with Gasteiger partial charge in [-0.2, -0.15) is 0 Å². The van der Waals surface area contributed by atoms with Crippen LogP contribution in [0, 0.1) is 0 Å². The van der Waals surface area contributed by atoms with Crippen molar-refractivity contribution in [1.29, 1.82) is 0 Å². The van der Waals surface area contributed by atoms with E-state index in [-0.39, 0.29) is 11.8 Å². The summed E-state index contributed by atoms with van der Waals surface area (Å²) in [6, 6.07) is 10.3. The Bertz CT molecular complexity index is 406. The molecule has 1 rings (SSSR count). The van der Waals surface area contributed by atoms with Gasteiger partial charge in [-0.1, -0.05) is 35.5 Å². The Hall–Kier alpha value is -1.59. The second-order valence-corrected chi connectivity index (χ2v) is 5.39. The van der Waals surface area contributed by atoms with E-state index in [1.165, 1.54) is 0 Å². The molecule has 0 spiro atoms. The largest absolute Gasteiger partial charge is 0.409 e. The molecule has 1 aromatic carbocycles. The highest BCUT2D eigenvalue weighted by Gasteiger charge is 2.17. The van der Waals surface area contributed by atoms with Gasteiger partial charge in [0.15, 0.2) is 0 Å². The fourth-order valence-electron chi connectivity index (χ4n) is 2.02. The summed E-state index contributed by atoms with van der Waals surface area (Å²) in [5, 5.41) is 15.6. The number of amidine groups is 1. The van der Waals surface area contributed by atoms with Crippen molar-refractivity contribution in [3.63, 3.8) is 0 Å². The molecule has 0 heterocycles. The number of hydrogen-bond acceptors (Lipinski definition) is 4. The van der Waals surface area contributed by atoms with Crippen LogP contribution in [0.15, 0.2) is 35.5 Å². The first-order chi connectivity index (χ1) is 9.54. The third-order valence-corrected chi connectivity index (χ3v) is 3.35. The van der Waals surface area contributed by atoms with E-state index in [0.29, 0.717) is 12.6 Å². The molecule has 5 heteroatoms. The summed E-state index contributed by atoms with van der Waals surface area (Å²) in [5.41, 5.74) is 6.86. The zero-order valence-corrected chi connectivity index (χ0v) is 12.6. The van der Waals surface area contributed by atoms with E-state index in [9.17, 15) is 0 Å². The summed E-state index contributed by atoms with van der Waals surface area (Å²) < 4.78 is 0. The van der Waals surface area contributed by atoms with Crippen LogP contribution in [0.2, 0.25) is 0 Å². The number of nitrogens with zero attached hydrogens (tertiary/aromatic N) is 2. The summed E-state index contributed by atoms with van der Waals surface area (Å²) in [6.07, 6.45) is 1.06. The summed E-state index contributed by atoms with van der Waals surface area (Å²) in [5.74, 6) is 0.131. The van der Waals surface area contributed by atoms with Crippen LogP contribution in [0.3, 0.4) is 0 Å². The Kier molecular flexibility index (Phi) is 7.04. The molecule has 1 aromatic rings. The molecule has 5 nitrogen and oxygen atoms in total. The molecule has 0 aromatic heterocycles. The fraction of sp³-hybridized carbons (Fsp3) is 0.533. The normalized spacial score (nSPS) is 15.3. The molecule has 0 fully saturated rings. The Balaban J connectivity index is 2.59. The van der Waals surface area contributed by atoms with Crippen molar-refractivity contribution in [1.82, 2.24) is 10.2 Å². The average Bonchev–Trinajstić information content (AvgIpc) is 2.46. The zero-order chi connectivity index (χ0) is 15.0. The van der Waals surface area contributed by atoms with Gasteiger partial charge in [-0.15, -0.1) is 0 Å². The van der Waals surface area contributed by atoms with Crippen molar-refractivity contribution in [2.24, 2.45) is 10.9 Å². The predicted octanol–water partition coefficient (Wildman–Crippen LogP) is 1.45. The quantitative estimate of drug-likeness (QED) is 0.291. The maximum atomic E-state index is 8.94. The van der Waals surface area contributed by atoms with Gasteiger partial charge in [0.05, 0.1) is 5.92 Å². The highest BCUT2D eigenvalue weighted by atomic mass is 16.4. The second-order valence-electron chi connectivity index (χ2n) is 5.39. The molecule has 0 aliphatic rings. The van der Waals surface area contributed by atoms with Crippen LogP contribution < -0.4 is 11.1 Å². The Morgan fingerprint density at radius 1 is 1.35 bits per heavy atom. The maximum absolute atomic E-state index is 8.94. The standard InChI is InChI=1S/C15H26N4O/c1-12(9-10-19(2)3)17-11-14(15(16)18-20)13-7-5-4-6-8-13/h4-8,12,14,17,20H,9-11H2,1-3H3,(H2,16,18). The molecule has 0 bridgehead atoms. The highest BCUT2D eigenvalue weighted by molar-refractivity contribution is 5.87. The monoisotopic (exact) mass is 278 g/mol. The average molecular weight is 278 g/mol. The van der Waals surface area contributed by atoms with E-state index in [2.05, 4.69) is 36.4 Å². The van der Waals surface area contributed by atoms with Crippen LogP contribution in [0.1, 0.15) is 24.8 Å². The smallest absolute Gasteiger partial charge is 0.147 e. The molecule has 0 aliphatic carbocycles. The summed E-state index contributed by atoms with van der Waals surface area (Å²) in [4.78, 5) is 2.16. The number of nitrogens with one attached hydrogen (secondary N) is 1. The highest BCUT2D eigenvalue weighted by Crippen LogP contribution is 2.15. The molecular formula is C15H26N4O. The van der Waals surface area contributed by atoms with Crippen LogP contribution >= 0.6 is 0 Å². The lowest BCUT2D eigenvalue weighted by Gasteiger charge is -2.21. The third-order valence-electron chi connectivity index (χ3n) is 3.35. The van der Waals surface area contributed by atoms with Gasteiger partial charge in [0.25, 0.3) is 0 Å². The Morgan fingerprint density at radius 2 is 2.00 bits per heavy atom. The van der Waals surface area contributed by atoms with Crippen LogP contribution in [-0.2, 0) is 0 Å². The second kappa shape index (κ2) is 8.55. The van der Waals surface area contributed by atoms with Crippen LogP contribution in [0.5, 0.6) is 0 Å². The zero-order valence-electron chi connectivity index (χ0n) is 12.6. The number of benzene rings is 1. The summed E-state index contributed by atoms with van der Waals surface area (Å²) in [7, 11) is 4.13. The molecule has 20 heavy (non-hydrogen) atoms. The lowest BCUT2D eigenvalue weighted by atomic mass is 9.97. The molecule has 0 saturated carbocycles. The number of nitrogens with two attached hydrogens (primary N) is 1.